The Labute approximate surface area is 119 Å². The lowest BCUT2D eigenvalue weighted by atomic mass is 9.93. The number of nitrogens with zero attached hydrogens (tertiary/aromatic N) is 2. The van der Waals surface area contributed by atoms with Crippen molar-refractivity contribution in [3.63, 3.8) is 0 Å². The summed E-state index contributed by atoms with van der Waals surface area (Å²) in [5.41, 5.74) is 0.493. The second-order valence-electron chi connectivity index (χ2n) is 4.66. The lowest BCUT2D eigenvalue weighted by molar-refractivity contribution is -0.384. The highest BCUT2D eigenvalue weighted by Crippen LogP contribution is 2.33. The van der Waals surface area contributed by atoms with Crippen molar-refractivity contribution in [1.29, 1.82) is 0 Å². The maximum atomic E-state index is 11.0. The fourth-order valence-corrected chi connectivity index (χ4v) is 2.70. The van der Waals surface area contributed by atoms with Crippen LogP contribution in [0.4, 0.5) is 11.4 Å². The minimum Gasteiger partial charge on any atom is -0.381 e. The second kappa shape index (κ2) is 6.29. The van der Waals surface area contributed by atoms with E-state index >= 15 is 0 Å². The monoisotopic (exact) mass is 329 g/mol. The third-order valence-corrected chi connectivity index (χ3v) is 4.02. The zero-order valence-corrected chi connectivity index (χ0v) is 12.2. The van der Waals surface area contributed by atoms with Crippen molar-refractivity contribution < 1.29 is 9.66 Å². The van der Waals surface area contributed by atoms with Crippen LogP contribution in [0.25, 0.3) is 0 Å². The zero-order valence-electron chi connectivity index (χ0n) is 10.6. The van der Waals surface area contributed by atoms with Crippen molar-refractivity contribution >= 4 is 27.3 Å². The molecule has 1 aromatic rings. The maximum Gasteiger partial charge on any atom is 0.311 e. The van der Waals surface area contributed by atoms with Crippen molar-refractivity contribution in [2.24, 2.45) is 5.92 Å². The summed E-state index contributed by atoms with van der Waals surface area (Å²) >= 11 is 3.31. The lowest BCUT2D eigenvalue weighted by Gasteiger charge is -2.29. The van der Waals surface area contributed by atoms with Crippen LogP contribution in [0.15, 0.2) is 16.9 Å². The summed E-state index contributed by atoms with van der Waals surface area (Å²) in [4.78, 5) is 14.4. The Bertz CT molecular complexity index is 464. The molecule has 1 aliphatic heterocycles. The molecule has 1 fully saturated rings. The molecule has 0 aromatic carbocycles. The summed E-state index contributed by atoms with van der Waals surface area (Å²) in [5, 5.41) is 14.3. The zero-order chi connectivity index (χ0) is 13.8. The highest BCUT2D eigenvalue weighted by atomic mass is 79.9. The van der Waals surface area contributed by atoms with Gasteiger partial charge in [0.25, 0.3) is 0 Å². The standard InChI is InChI=1S/C12H16BrN3O3/c1-8(9-2-4-19-5-3-9)15-12-10(13)6-14-7-11(12)16(17)18/h6-9H,2-5H2,1H3,(H,14,15). The van der Waals surface area contributed by atoms with Gasteiger partial charge in [0.05, 0.1) is 9.40 Å². The van der Waals surface area contributed by atoms with Crippen molar-refractivity contribution in [1.82, 2.24) is 4.98 Å². The van der Waals surface area contributed by atoms with Gasteiger partial charge in [0.1, 0.15) is 11.9 Å². The van der Waals surface area contributed by atoms with Gasteiger partial charge >= 0.3 is 5.69 Å². The van der Waals surface area contributed by atoms with Crippen LogP contribution in [0.2, 0.25) is 0 Å². The van der Waals surface area contributed by atoms with E-state index in [2.05, 4.69) is 26.2 Å². The molecular weight excluding hydrogens is 314 g/mol. The van der Waals surface area contributed by atoms with Crippen LogP contribution >= 0.6 is 15.9 Å². The van der Waals surface area contributed by atoms with E-state index in [1.807, 2.05) is 6.92 Å². The van der Waals surface area contributed by atoms with E-state index in [1.54, 1.807) is 6.20 Å². The Kier molecular flexibility index (Phi) is 4.71. The first-order valence-corrected chi connectivity index (χ1v) is 7.01. The summed E-state index contributed by atoms with van der Waals surface area (Å²) in [6.07, 6.45) is 4.78. The average Bonchev–Trinajstić information content (AvgIpc) is 2.41. The first-order chi connectivity index (χ1) is 9.09. The number of nitrogens with one attached hydrogen (secondary N) is 1. The van der Waals surface area contributed by atoms with Crippen molar-refractivity contribution in [2.45, 2.75) is 25.8 Å². The molecule has 0 bridgehead atoms. The van der Waals surface area contributed by atoms with E-state index in [-0.39, 0.29) is 11.7 Å². The average molecular weight is 330 g/mol. The summed E-state index contributed by atoms with van der Waals surface area (Å²) in [7, 11) is 0. The molecule has 104 valence electrons. The van der Waals surface area contributed by atoms with Crippen LogP contribution in [-0.2, 0) is 4.74 Å². The van der Waals surface area contributed by atoms with Crippen molar-refractivity contribution in [2.75, 3.05) is 18.5 Å². The number of aromatic nitrogens is 1. The number of rotatable bonds is 4. The molecule has 19 heavy (non-hydrogen) atoms. The summed E-state index contributed by atoms with van der Waals surface area (Å²) < 4.78 is 5.94. The number of hydrogen-bond donors (Lipinski definition) is 1. The maximum absolute atomic E-state index is 11.0. The van der Waals surface area contributed by atoms with Crippen LogP contribution in [-0.4, -0.2) is 29.2 Å². The number of ether oxygens (including phenoxy) is 1. The summed E-state index contributed by atoms with van der Waals surface area (Å²) in [6, 6.07) is 0.154. The van der Waals surface area contributed by atoms with Gasteiger partial charge in [0.2, 0.25) is 0 Å². The molecule has 1 aliphatic rings. The smallest absolute Gasteiger partial charge is 0.311 e. The fraction of sp³-hybridized carbons (Fsp3) is 0.583. The van der Waals surface area contributed by atoms with Gasteiger partial charge in [-0.25, -0.2) is 0 Å². The van der Waals surface area contributed by atoms with Crippen LogP contribution in [0.3, 0.4) is 0 Å². The van der Waals surface area contributed by atoms with Crippen LogP contribution in [0.1, 0.15) is 19.8 Å². The molecule has 0 spiro atoms. The molecule has 0 saturated carbocycles. The van der Waals surface area contributed by atoms with E-state index in [0.717, 1.165) is 26.1 Å². The molecule has 2 rings (SSSR count). The number of hydrogen-bond acceptors (Lipinski definition) is 5. The number of halogens is 1. The Balaban J connectivity index is 2.15. The minimum absolute atomic E-state index is 0.00622. The molecule has 6 nitrogen and oxygen atoms in total. The quantitative estimate of drug-likeness (QED) is 0.678. The SMILES string of the molecule is CC(Nc1c(Br)cncc1[N+](=O)[O-])C1CCOCC1. The Hall–Kier alpha value is -1.21. The van der Waals surface area contributed by atoms with Gasteiger partial charge in [0.15, 0.2) is 0 Å². The molecule has 0 amide bonds. The Morgan fingerprint density at radius 3 is 2.84 bits per heavy atom. The van der Waals surface area contributed by atoms with Gasteiger partial charge in [-0.3, -0.25) is 15.1 Å². The van der Waals surface area contributed by atoms with Gasteiger partial charge in [-0.1, -0.05) is 0 Å². The van der Waals surface area contributed by atoms with Gasteiger partial charge in [-0.15, -0.1) is 0 Å². The number of anilines is 1. The predicted molar refractivity (Wildman–Crippen MR) is 75.2 cm³/mol. The second-order valence-corrected chi connectivity index (χ2v) is 5.51. The summed E-state index contributed by atoms with van der Waals surface area (Å²) in [5.74, 6) is 0.466. The Morgan fingerprint density at radius 2 is 2.21 bits per heavy atom. The molecule has 1 unspecified atom stereocenters. The first kappa shape index (κ1) is 14.2. The lowest BCUT2D eigenvalue weighted by Crippen LogP contribution is -2.31. The van der Waals surface area contributed by atoms with Crippen molar-refractivity contribution in [3.05, 3.63) is 27.0 Å². The third-order valence-electron chi connectivity index (χ3n) is 3.42. The molecule has 1 N–H and O–H groups in total. The van der Waals surface area contributed by atoms with Gasteiger partial charge < -0.3 is 10.1 Å². The van der Waals surface area contributed by atoms with E-state index < -0.39 is 4.92 Å². The predicted octanol–water partition coefficient (Wildman–Crippen LogP) is 2.98. The normalized spacial score (nSPS) is 18.0. The van der Waals surface area contributed by atoms with Gasteiger partial charge in [-0.2, -0.15) is 0 Å². The largest absolute Gasteiger partial charge is 0.381 e. The molecule has 1 atom stereocenters. The minimum atomic E-state index is -0.420. The Morgan fingerprint density at radius 1 is 1.53 bits per heavy atom. The molecule has 2 heterocycles. The third kappa shape index (κ3) is 3.42. The van der Waals surface area contributed by atoms with Crippen LogP contribution < -0.4 is 5.32 Å². The molecule has 1 aromatic heterocycles. The molecular formula is C12H16BrN3O3. The molecule has 1 saturated heterocycles. The van der Waals surface area contributed by atoms with Crippen molar-refractivity contribution in [3.8, 4) is 0 Å². The number of pyridine rings is 1. The molecule has 0 radical (unpaired) electrons. The van der Waals surface area contributed by atoms with Gasteiger partial charge in [0, 0.05) is 25.5 Å². The van der Waals surface area contributed by atoms with E-state index in [0.29, 0.717) is 16.1 Å². The van der Waals surface area contributed by atoms with Crippen LogP contribution in [0, 0.1) is 16.0 Å². The van der Waals surface area contributed by atoms with Gasteiger partial charge in [-0.05, 0) is 41.6 Å². The topological polar surface area (TPSA) is 77.3 Å². The fourth-order valence-electron chi connectivity index (χ4n) is 2.27. The highest BCUT2D eigenvalue weighted by molar-refractivity contribution is 9.10. The summed E-state index contributed by atoms with van der Waals surface area (Å²) in [6.45, 7) is 3.57. The first-order valence-electron chi connectivity index (χ1n) is 6.21. The van der Waals surface area contributed by atoms with E-state index in [1.165, 1.54) is 6.20 Å². The number of nitro groups is 1. The van der Waals surface area contributed by atoms with E-state index in [4.69, 9.17) is 4.74 Å². The highest BCUT2D eigenvalue weighted by Gasteiger charge is 2.24. The van der Waals surface area contributed by atoms with Crippen LogP contribution in [0.5, 0.6) is 0 Å². The molecule has 0 aliphatic carbocycles. The van der Waals surface area contributed by atoms with E-state index in [9.17, 15) is 10.1 Å². The molecule has 7 heteroatoms.